The Morgan fingerprint density at radius 3 is 2.62 bits per heavy atom. The molecule has 0 aliphatic heterocycles. The van der Waals surface area contributed by atoms with E-state index in [1.165, 1.54) is 0 Å². The lowest BCUT2D eigenvalue weighted by Gasteiger charge is -2.06. The van der Waals surface area contributed by atoms with Gasteiger partial charge in [-0.25, -0.2) is 18.2 Å². The van der Waals surface area contributed by atoms with Crippen LogP contribution in [0.25, 0.3) is 0 Å². The molecule has 0 aromatic carbocycles. The SMILES string of the molecule is Nc1c(C=O)ncc(F)c1C(F)F. The lowest BCUT2D eigenvalue weighted by Crippen LogP contribution is -2.05. The first-order valence-electron chi connectivity index (χ1n) is 3.25. The Kier molecular flexibility index (Phi) is 2.50. The van der Waals surface area contributed by atoms with Crippen molar-refractivity contribution in [2.75, 3.05) is 5.73 Å². The second-order valence-electron chi connectivity index (χ2n) is 2.24. The smallest absolute Gasteiger partial charge is 0.268 e. The predicted molar refractivity (Wildman–Crippen MR) is 39.0 cm³/mol. The van der Waals surface area contributed by atoms with Gasteiger partial charge in [0.25, 0.3) is 6.43 Å². The van der Waals surface area contributed by atoms with Gasteiger partial charge in [0.2, 0.25) is 0 Å². The molecule has 0 aliphatic rings. The van der Waals surface area contributed by atoms with Crippen LogP contribution in [-0.2, 0) is 0 Å². The van der Waals surface area contributed by atoms with Crippen LogP contribution in [0, 0.1) is 5.82 Å². The molecule has 0 atom stereocenters. The van der Waals surface area contributed by atoms with Gasteiger partial charge in [0.05, 0.1) is 17.4 Å². The van der Waals surface area contributed by atoms with Crippen LogP contribution >= 0.6 is 0 Å². The number of anilines is 1. The number of nitrogen functional groups attached to an aromatic ring is 1. The lowest BCUT2D eigenvalue weighted by atomic mass is 10.2. The van der Waals surface area contributed by atoms with Crippen LogP contribution in [0.4, 0.5) is 18.9 Å². The maximum Gasteiger partial charge on any atom is 0.268 e. The zero-order chi connectivity index (χ0) is 10.0. The highest BCUT2D eigenvalue weighted by atomic mass is 19.3. The number of nitrogens with two attached hydrogens (primary N) is 1. The normalized spacial score (nSPS) is 10.5. The molecule has 0 aliphatic carbocycles. The van der Waals surface area contributed by atoms with Crippen molar-refractivity contribution in [2.24, 2.45) is 0 Å². The van der Waals surface area contributed by atoms with Gasteiger partial charge in [0, 0.05) is 0 Å². The lowest BCUT2D eigenvalue weighted by molar-refractivity contribution is 0.111. The van der Waals surface area contributed by atoms with Crippen molar-refractivity contribution in [3.05, 3.63) is 23.3 Å². The molecule has 3 nitrogen and oxygen atoms in total. The maximum absolute atomic E-state index is 12.7. The highest BCUT2D eigenvalue weighted by Crippen LogP contribution is 2.28. The zero-order valence-corrected chi connectivity index (χ0v) is 6.30. The van der Waals surface area contributed by atoms with Crippen molar-refractivity contribution in [3.8, 4) is 0 Å². The maximum atomic E-state index is 12.7. The van der Waals surface area contributed by atoms with Crippen LogP contribution in [0.15, 0.2) is 6.20 Å². The Hall–Kier alpha value is -1.59. The van der Waals surface area contributed by atoms with E-state index in [2.05, 4.69) is 4.98 Å². The van der Waals surface area contributed by atoms with Gasteiger partial charge in [-0.2, -0.15) is 0 Å². The molecule has 0 radical (unpaired) electrons. The molecule has 0 unspecified atom stereocenters. The van der Waals surface area contributed by atoms with Crippen LogP contribution in [0.2, 0.25) is 0 Å². The molecule has 6 heteroatoms. The predicted octanol–water partition coefficient (Wildman–Crippen LogP) is 1.55. The summed E-state index contributed by atoms with van der Waals surface area (Å²) in [6.45, 7) is 0. The monoisotopic (exact) mass is 190 g/mol. The number of pyridine rings is 1. The molecule has 1 aromatic rings. The summed E-state index contributed by atoms with van der Waals surface area (Å²) in [7, 11) is 0. The van der Waals surface area contributed by atoms with E-state index in [9.17, 15) is 18.0 Å². The van der Waals surface area contributed by atoms with Gasteiger partial charge < -0.3 is 5.73 Å². The molecule has 1 aromatic heterocycles. The highest BCUT2D eigenvalue weighted by Gasteiger charge is 2.19. The van der Waals surface area contributed by atoms with Gasteiger partial charge in [-0.05, 0) is 0 Å². The van der Waals surface area contributed by atoms with E-state index in [1.54, 1.807) is 0 Å². The third-order valence-electron chi connectivity index (χ3n) is 1.47. The summed E-state index contributed by atoms with van der Waals surface area (Å²) in [5, 5.41) is 0. The molecule has 0 fully saturated rings. The average Bonchev–Trinajstić information content (AvgIpc) is 2.04. The molecule has 0 spiro atoms. The molecule has 13 heavy (non-hydrogen) atoms. The molecule has 0 amide bonds. The number of carbonyl (C=O) groups excluding carboxylic acids is 1. The Labute approximate surface area is 71.4 Å². The second kappa shape index (κ2) is 3.42. The summed E-state index contributed by atoms with van der Waals surface area (Å²) in [6.07, 6.45) is -2.32. The number of rotatable bonds is 2. The van der Waals surface area contributed by atoms with Crippen molar-refractivity contribution >= 4 is 12.0 Å². The third kappa shape index (κ3) is 1.61. The number of hydrogen-bond donors (Lipinski definition) is 1. The van der Waals surface area contributed by atoms with Gasteiger partial charge in [0.15, 0.2) is 12.1 Å². The first-order chi connectivity index (χ1) is 6.07. The van der Waals surface area contributed by atoms with E-state index in [0.29, 0.717) is 6.20 Å². The first-order valence-corrected chi connectivity index (χ1v) is 3.25. The molecule has 70 valence electrons. The average molecular weight is 190 g/mol. The molecule has 0 saturated carbocycles. The van der Waals surface area contributed by atoms with Gasteiger partial charge in [0.1, 0.15) is 5.69 Å². The van der Waals surface area contributed by atoms with Gasteiger partial charge in [-0.1, -0.05) is 0 Å². The van der Waals surface area contributed by atoms with Gasteiger partial charge in [-0.15, -0.1) is 0 Å². The Bertz CT molecular complexity index is 341. The number of carbonyl (C=O) groups is 1. The summed E-state index contributed by atoms with van der Waals surface area (Å²) < 4.78 is 37.0. The number of halogens is 3. The fraction of sp³-hybridized carbons (Fsp3) is 0.143. The molecule has 1 rings (SSSR count). The van der Waals surface area contributed by atoms with Crippen molar-refractivity contribution < 1.29 is 18.0 Å². The Morgan fingerprint density at radius 2 is 2.15 bits per heavy atom. The quantitative estimate of drug-likeness (QED) is 0.720. The topological polar surface area (TPSA) is 56.0 Å². The van der Waals surface area contributed by atoms with Gasteiger partial charge >= 0.3 is 0 Å². The van der Waals surface area contributed by atoms with E-state index < -0.39 is 23.5 Å². The summed E-state index contributed by atoms with van der Waals surface area (Å²) in [5.41, 5.74) is 3.12. The summed E-state index contributed by atoms with van der Waals surface area (Å²) in [5.74, 6) is -1.21. The molecule has 1 heterocycles. The minimum absolute atomic E-state index is 0.195. The van der Waals surface area contributed by atoms with E-state index in [0.717, 1.165) is 0 Å². The van der Waals surface area contributed by atoms with Crippen LogP contribution in [-0.4, -0.2) is 11.3 Å². The Morgan fingerprint density at radius 1 is 1.54 bits per heavy atom. The van der Waals surface area contributed by atoms with E-state index >= 15 is 0 Å². The van der Waals surface area contributed by atoms with Crippen molar-refractivity contribution in [3.63, 3.8) is 0 Å². The third-order valence-corrected chi connectivity index (χ3v) is 1.47. The number of nitrogens with zero attached hydrogens (tertiary/aromatic N) is 1. The number of hydrogen-bond acceptors (Lipinski definition) is 3. The minimum atomic E-state index is -3.05. The molecular formula is C7H5F3N2O. The van der Waals surface area contributed by atoms with Crippen molar-refractivity contribution in [1.29, 1.82) is 0 Å². The molecule has 0 saturated heterocycles. The van der Waals surface area contributed by atoms with Crippen LogP contribution in [0.5, 0.6) is 0 Å². The van der Waals surface area contributed by atoms with Crippen molar-refractivity contribution in [1.82, 2.24) is 4.98 Å². The number of aromatic nitrogens is 1. The zero-order valence-electron chi connectivity index (χ0n) is 6.30. The minimum Gasteiger partial charge on any atom is -0.396 e. The molecule has 2 N–H and O–H groups in total. The summed E-state index contributed by atoms with van der Waals surface area (Å²) in [6, 6.07) is 0. The molecular weight excluding hydrogens is 185 g/mol. The highest BCUT2D eigenvalue weighted by molar-refractivity contribution is 5.81. The number of alkyl halides is 2. The van der Waals surface area contributed by atoms with Crippen LogP contribution < -0.4 is 5.73 Å². The van der Waals surface area contributed by atoms with E-state index in [-0.39, 0.29) is 12.0 Å². The van der Waals surface area contributed by atoms with E-state index in [1.807, 2.05) is 0 Å². The van der Waals surface area contributed by atoms with Crippen molar-refractivity contribution in [2.45, 2.75) is 6.43 Å². The molecule has 0 bridgehead atoms. The fourth-order valence-electron chi connectivity index (χ4n) is 0.848. The van der Waals surface area contributed by atoms with Crippen LogP contribution in [0.3, 0.4) is 0 Å². The van der Waals surface area contributed by atoms with Gasteiger partial charge in [-0.3, -0.25) is 4.79 Å². The fourth-order valence-corrected chi connectivity index (χ4v) is 0.848. The van der Waals surface area contributed by atoms with E-state index in [4.69, 9.17) is 5.73 Å². The standard InChI is InChI=1S/C7H5F3N2O/c8-3-1-12-4(2-13)6(11)5(3)7(9)10/h1-2,7H,11H2. The first kappa shape index (κ1) is 9.50. The Balaban J connectivity index is 3.38. The largest absolute Gasteiger partial charge is 0.396 e. The second-order valence-corrected chi connectivity index (χ2v) is 2.24. The number of aldehydes is 1. The summed E-state index contributed by atoms with van der Waals surface area (Å²) in [4.78, 5) is 13.4. The van der Waals surface area contributed by atoms with Crippen LogP contribution in [0.1, 0.15) is 22.5 Å². The summed E-state index contributed by atoms with van der Waals surface area (Å²) >= 11 is 0.